The fourth-order valence-corrected chi connectivity index (χ4v) is 6.04. The molecule has 0 nitrogen and oxygen atoms in total. The van der Waals surface area contributed by atoms with Gasteiger partial charge in [-0.15, -0.1) is 0 Å². The number of allylic oxidation sites excluding steroid dienone is 2. The van der Waals surface area contributed by atoms with Gasteiger partial charge >= 0.3 is 24.7 Å². The smallest absolute Gasteiger partial charge is 0.166 e. The molecule has 0 aliphatic heterocycles. The van der Waals surface area contributed by atoms with Crippen LogP contribution in [0.2, 0.25) is 0 Å². The summed E-state index contributed by atoms with van der Waals surface area (Å²) < 4.78 is 165. The lowest BCUT2D eigenvalue weighted by Crippen LogP contribution is -2.14. The summed E-state index contributed by atoms with van der Waals surface area (Å²) in [4.78, 5) is 0. The van der Waals surface area contributed by atoms with E-state index in [2.05, 4.69) is 0 Å². The monoisotopic (exact) mass is 680 g/mol. The molecular weight excluding hydrogens is 660 g/mol. The molecule has 1 aliphatic carbocycles. The van der Waals surface area contributed by atoms with Crippen molar-refractivity contribution in [3.05, 3.63) is 148 Å². The van der Waals surface area contributed by atoms with Crippen molar-refractivity contribution in [1.29, 1.82) is 0 Å². The van der Waals surface area contributed by atoms with Gasteiger partial charge in [0.15, 0.2) is 0 Å². The molecule has 0 spiro atoms. The summed E-state index contributed by atoms with van der Waals surface area (Å²) in [5.74, 6) is -0.855. The third kappa shape index (κ3) is 6.52. The van der Waals surface area contributed by atoms with Crippen LogP contribution >= 0.6 is 0 Å². The van der Waals surface area contributed by atoms with Crippen molar-refractivity contribution in [1.82, 2.24) is 0 Å². The molecule has 1 atom stereocenters. The van der Waals surface area contributed by atoms with Crippen LogP contribution < -0.4 is 0 Å². The van der Waals surface area contributed by atoms with Crippen molar-refractivity contribution in [2.45, 2.75) is 37.0 Å². The number of fused-ring (bicyclic) bond motifs is 2. The maximum atomic E-state index is 13.7. The van der Waals surface area contributed by atoms with Gasteiger partial charge in [0.1, 0.15) is 0 Å². The standard InChI is InChI=1S/C36H20F12/c37-33(38,39)25-11-23(12-26(17-25)34(40,41)42)21-9-19-5-1-3-7-29(19)31(15-21)32-16-22(10-20-6-2-4-8-30(20)32)24-13-27(35(43,44)45)18-28(14-24)36(46,47)48/h1-9,11-18,32H,10H2/t32-/m1/s1. The van der Waals surface area contributed by atoms with Gasteiger partial charge in [-0.05, 0) is 105 Å². The fourth-order valence-electron chi connectivity index (χ4n) is 6.04. The lowest BCUT2D eigenvalue weighted by atomic mass is 9.76. The molecule has 0 saturated carbocycles. The van der Waals surface area contributed by atoms with Crippen molar-refractivity contribution < 1.29 is 52.7 Å². The average Bonchev–Trinajstić information content (AvgIpc) is 3.01. The molecule has 48 heavy (non-hydrogen) atoms. The Hall–Kier alpha value is -4.74. The van der Waals surface area contributed by atoms with Crippen LogP contribution in [-0.2, 0) is 31.1 Å². The molecule has 248 valence electrons. The summed E-state index contributed by atoms with van der Waals surface area (Å²) in [6.45, 7) is 0. The molecule has 5 aromatic rings. The van der Waals surface area contributed by atoms with E-state index in [0.717, 1.165) is 0 Å². The zero-order valence-corrected chi connectivity index (χ0v) is 24.1. The van der Waals surface area contributed by atoms with Crippen molar-refractivity contribution in [2.24, 2.45) is 0 Å². The van der Waals surface area contributed by atoms with Crippen LogP contribution in [0.15, 0.2) is 103 Å². The predicted octanol–water partition coefficient (Wildman–Crippen LogP) is 12.4. The van der Waals surface area contributed by atoms with Gasteiger partial charge in [-0.25, -0.2) is 0 Å². The Kier molecular flexibility index (Phi) is 7.91. The van der Waals surface area contributed by atoms with Gasteiger partial charge < -0.3 is 0 Å². The Morgan fingerprint density at radius 2 is 0.896 bits per heavy atom. The first-order valence-electron chi connectivity index (χ1n) is 14.2. The summed E-state index contributed by atoms with van der Waals surface area (Å²) in [7, 11) is 0. The number of hydrogen-bond donors (Lipinski definition) is 0. The van der Waals surface area contributed by atoms with Crippen LogP contribution in [0.5, 0.6) is 0 Å². The van der Waals surface area contributed by atoms with E-state index in [9.17, 15) is 52.7 Å². The highest BCUT2D eigenvalue weighted by Crippen LogP contribution is 2.45. The molecule has 12 heteroatoms. The molecule has 6 rings (SSSR count). The van der Waals surface area contributed by atoms with E-state index < -0.39 is 52.9 Å². The summed E-state index contributed by atoms with van der Waals surface area (Å²) in [5.41, 5.74) is -5.06. The number of rotatable bonds is 3. The van der Waals surface area contributed by atoms with E-state index in [-0.39, 0.29) is 40.8 Å². The minimum atomic E-state index is -5.10. The second-order valence-electron chi connectivity index (χ2n) is 11.4. The Bertz CT molecular complexity index is 1990. The van der Waals surface area contributed by atoms with Crippen LogP contribution in [-0.4, -0.2) is 0 Å². The molecular formula is C36H20F12. The molecule has 0 fully saturated rings. The third-order valence-corrected chi connectivity index (χ3v) is 8.25. The van der Waals surface area contributed by atoms with E-state index in [1.165, 1.54) is 18.2 Å². The van der Waals surface area contributed by atoms with Crippen molar-refractivity contribution >= 4 is 16.3 Å². The van der Waals surface area contributed by atoms with Crippen molar-refractivity contribution in [3.8, 4) is 11.1 Å². The fraction of sp³-hybridized carbons (Fsp3) is 0.167. The van der Waals surface area contributed by atoms with Gasteiger partial charge in [0.2, 0.25) is 0 Å². The van der Waals surface area contributed by atoms with Gasteiger partial charge in [0.05, 0.1) is 22.3 Å². The minimum Gasteiger partial charge on any atom is -0.166 e. The average molecular weight is 681 g/mol. The normalized spacial score (nSPS) is 15.8. The van der Waals surface area contributed by atoms with Gasteiger partial charge in [0.25, 0.3) is 0 Å². The van der Waals surface area contributed by atoms with Crippen LogP contribution in [0.1, 0.15) is 50.4 Å². The minimum absolute atomic E-state index is 0.00303. The second-order valence-corrected chi connectivity index (χ2v) is 11.4. The topological polar surface area (TPSA) is 0 Å². The molecule has 0 radical (unpaired) electrons. The maximum absolute atomic E-state index is 13.7. The molecule has 0 amide bonds. The van der Waals surface area contributed by atoms with Crippen LogP contribution in [0.4, 0.5) is 52.7 Å². The van der Waals surface area contributed by atoms with Crippen LogP contribution in [0.3, 0.4) is 0 Å². The lowest BCUT2D eigenvalue weighted by Gasteiger charge is -2.28. The highest BCUT2D eigenvalue weighted by molar-refractivity contribution is 5.92. The Morgan fingerprint density at radius 3 is 1.44 bits per heavy atom. The largest absolute Gasteiger partial charge is 0.416 e. The molecule has 0 saturated heterocycles. The first-order valence-corrected chi connectivity index (χ1v) is 14.2. The van der Waals surface area contributed by atoms with E-state index in [1.807, 2.05) is 0 Å². The SMILES string of the molecule is FC(F)(F)c1cc(C2=C[C@@H](c3cc(-c4cc(C(F)(F)F)cc(C(F)(F)F)c4)cc4ccccc34)c3ccccc3C2)cc(C(F)(F)F)c1. The highest BCUT2D eigenvalue weighted by atomic mass is 19.4. The van der Waals surface area contributed by atoms with E-state index in [0.29, 0.717) is 51.7 Å². The molecule has 0 aromatic heterocycles. The molecule has 0 heterocycles. The van der Waals surface area contributed by atoms with Gasteiger partial charge in [-0.1, -0.05) is 54.6 Å². The Morgan fingerprint density at radius 1 is 0.438 bits per heavy atom. The van der Waals surface area contributed by atoms with Crippen LogP contribution in [0.25, 0.3) is 27.5 Å². The first-order chi connectivity index (χ1) is 22.3. The zero-order chi connectivity index (χ0) is 34.8. The van der Waals surface area contributed by atoms with Crippen molar-refractivity contribution in [3.63, 3.8) is 0 Å². The van der Waals surface area contributed by atoms with Gasteiger partial charge in [-0.2, -0.15) is 52.7 Å². The van der Waals surface area contributed by atoms with E-state index in [1.54, 1.807) is 48.5 Å². The van der Waals surface area contributed by atoms with Gasteiger partial charge in [0, 0.05) is 5.92 Å². The predicted molar refractivity (Wildman–Crippen MR) is 156 cm³/mol. The molecule has 5 aromatic carbocycles. The summed E-state index contributed by atoms with van der Waals surface area (Å²) >= 11 is 0. The maximum Gasteiger partial charge on any atom is 0.416 e. The molecule has 0 N–H and O–H groups in total. The second kappa shape index (κ2) is 11.5. The molecule has 0 unspecified atom stereocenters. The third-order valence-electron chi connectivity index (χ3n) is 8.25. The Balaban J connectivity index is 1.61. The summed E-state index contributed by atoms with van der Waals surface area (Å²) in [5, 5.41) is 0.967. The number of benzene rings is 5. The number of hydrogen-bond acceptors (Lipinski definition) is 0. The molecule has 0 bridgehead atoms. The van der Waals surface area contributed by atoms with Gasteiger partial charge in [-0.3, -0.25) is 0 Å². The van der Waals surface area contributed by atoms with E-state index >= 15 is 0 Å². The first kappa shape index (κ1) is 33.2. The molecule has 1 aliphatic rings. The highest BCUT2D eigenvalue weighted by Gasteiger charge is 2.39. The quantitative estimate of drug-likeness (QED) is 0.166. The zero-order valence-electron chi connectivity index (χ0n) is 24.1. The number of alkyl halides is 12. The van der Waals surface area contributed by atoms with Crippen LogP contribution in [0, 0.1) is 0 Å². The lowest BCUT2D eigenvalue weighted by molar-refractivity contribution is -0.144. The van der Waals surface area contributed by atoms with E-state index in [4.69, 9.17) is 0 Å². The summed E-state index contributed by atoms with van der Waals surface area (Å²) in [6.07, 6.45) is -18.9. The Labute approximate surface area is 264 Å². The number of halogens is 12. The summed E-state index contributed by atoms with van der Waals surface area (Å²) in [6, 6.07) is 18.5. The van der Waals surface area contributed by atoms with Crippen molar-refractivity contribution in [2.75, 3.05) is 0 Å².